The molecule has 0 amide bonds. The standard InChI is InChI=1S/C23H30O3/c1-5-9-22(26-17-20-12-14-21(24-4)15-13-20)23(2,3)18-25-16-19-10-7-6-8-11-19/h5-8,10-15,22H,1,9,16-18H2,2-4H3/t22-/m0/s1. The third-order valence-electron chi connectivity index (χ3n) is 4.45. The van der Waals surface area contributed by atoms with Crippen molar-refractivity contribution in [3.63, 3.8) is 0 Å². The van der Waals surface area contributed by atoms with E-state index in [0.717, 1.165) is 17.7 Å². The fraction of sp³-hybridized carbons (Fsp3) is 0.391. The molecule has 0 aliphatic carbocycles. The number of ether oxygens (including phenoxy) is 3. The molecule has 0 heterocycles. The van der Waals surface area contributed by atoms with Gasteiger partial charge in [-0.15, -0.1) is 6.58 Å². The number of methoxy groups -OCH3 is 1. The second kappa shape index (κ2) is 10.1. The first-order chi connectivity index (χ1) is 12.5. The van der Waals surface area contributed by atoms with E-state index in [2.05, 4.69) is 32.6 Å². The van der Waals surface area contributed by atoms with E-state index in [1.165, 1.54) is 5.56 Å². The maximum absolute atomic E-state index is 6.22. The van der Waals surface area contributed by atoms with E-state index in [-0.39, 0.29) is 11.5 Å². The largest absolute Gasteiger partial charge is 0.497 e. The molecular weight excluding hydrogens is 324 g/mol. The van der Waals surface area contributed by atoms with Gasteiger partial charge in [-0.1, -0.05) is 62.4 Å². The molecule has 2 aromatic carbocycles. The van der Waals surface area contributed by atoms with Crippen molar-refractivity contribution in [2.75, 3.05) is 13.7 Å². The van der Waals surface area contributed by atoms with Crippen molar-refractivity contribution in [2.24, 2.45) is 5.41 Å². The van der Waals surface area contributed by atoms with Gasteiger partial charge < -0.3 is 14.2 Å². The Kier molecular flexibility index (Phi) is 7.89. The summed E-state index contributed by atoms with van der Waals surface area (Å²) in [6.07, 6.45) is 2.74. The quantitative estimate of drug-likeness (QED) is 0.506. The van der Waals surface area contributed by atoms with Crippen molar-refractivity contribution in [2.45, 2.75) is 39.6 Å². The SMILES string of the molecule is C=CC[C@H](OCc1ccc(OC)cc1)C(C)(C)COCc1ccccc1. The lowest BCUT2D eigenvalue weighted by Gasteiger charge is -2.33. The van der Waals surface area contributed by atoms with Crippen molar-refractivity contribution in [1.29, 1.82) is 0 Å². The van der Waals surface area contributed by atoms with E-state index in [4.69, 9.17) is 14.2 Å². The minimum atomic E-state index is -0.116. The van der Waals surface area contributed by atoms with Crippen LogP contribution < -0.4 is 4.74 Å². The Bertz CT molecular complexity index is 647. The molecule has 2 rings (SSSR count). The number of rotatable bonds is 11. The van der Waals surface area contributed by atoms with Crippen LogP contribution in [0.3, 0.4) is 0 Å². The fourth-order valence-corrected chi connectivity index (χ4v) is 2.78. The molecule has 0 N–H and O–H groups in total. The van der Waals surface area contributed by atoms with E-state index in [1.807, 2.05) is 48.5 Å². The van der Waals surface area contributed by atoms with Crippen molar-refractivity contribution >= 4 is 0 Å². The number of hydrogen-bond acceptors (Lipinski definition) is 3. The van der Waals surface area contributed by atoms with Gasteiger partial charge in [0.2, 0.25) is 0 Å². The van der Waals surface area contributed by atoms with Crippen LogP contribution in [0.5, 0.6) is 5.75 Å². The topological polar surface area (TPSA) is 27.7 Å². The summed E-state index contributed by atoms with van der Waals surface area (Å²) in [6.45, 7) is 10.0. The van der Waals surface area contributed by atoms with Crippen LogP contribution in [0.25, 0.3) is 0 Å². The molecule has 0 unspecified atom stereocenters. The molecule has 3 nitrogen and oxygen atoms in total. The predicted octanol–water partition coefficient (Wildman–Crippen LogP) is 5.40. The van der Waals surface area contributed by atoms with Crippen LogP contribution in [0, 0.1) is 5.41 Å². The molecule has 0 fully saturated rings. The van der Waals surface area contributed by atoms with Crippen LogP contribution in [0.2, 0.25) is 0 Å². The van der Waals surface area contributed by atoms with E-state index >= 15 is 0 Å². The number of hydrogen-bond donors (Lipinski definition) is 0. The molecule has 26 heavy (non-hydrogen) atoms. The summed E-state index contributed by atoms with van der Waals surface area (Å²) >= 11 is 0. The highest BCUT2D eigenvalue weighted by Crippen LogP contribution is 2.28. The zero-order chi connectivity index (χ0) is 18.8. The fourth-order valence-electron chi connectivity index (χ4n) is 2.78. The Morgan fingerprint density at radius 1 is 0.962 bits per heavy atom. The third-order valence-corrected chi connectivity index (χ3v) is 4.45. The summed E-state index contributed by atoms with van der Waals surface area (Å²) in [5, 5.41) is 0. The highest BCUT2D eigenvalue weighted by atomic mass is 16.5. The van der Waals surface area contributed by atoms with Gasteiger partial charge in [-0.3, -0.25) is 0 Å². The number of benzene rings is 2. The second-order valence-electron chi connectivity index (χ2n) is 7.14. The van der Waals surface area contributed by atoms with Crippen molar-refractivity contribution in [3.8, 4) is 5.75 Å². The maximum atomic E-state index is 6.22. The van der Waals surface area contributed by atoms with Crippen molar-refractivity contribution in [1.82, 2.24) is 0 Å². The lowest BCUT2D eigenvalue weighted by atomic mass is 9.85. The highest BCUT2D eigenvalue weighted by molar-refractivity contribution is 5.26. The van der Waals surface area contributed by atoms with Gasteiger partial charge in [0.1, 0.15) is 5.75 Å². The zero-order valence-corrected chi connectivity index (χ0v) is 16.1. The van der Waals surface area contributed by atoms with Crippen LogP contribution in [-0.2, 0) is 22.7 Å². The van der Waals surface area contributed by atoms with Gasteiger partial charge in [0, 0.05) is 5.41 Å². The predicted molar refractivity (Wildman–Crippen MR) is 106 cm³/mol. The van der Waals surface area contributed by atoms with E-state index < -0.39 is 0 Å². The van der Waals surface area contributed by atoms with Gasteiger partial charge in [-0.25, -0.2) is 0 Å². The maximum Gasteiger partial charge on any atom is 0.118 e. The molecule has 0 aliphatic heterocycles. The van der Waals surface area contributed by atoms with Crippen LogP contribution >= 0.6 is 0 Å². The van der Waals surface area contributed by atoms with E-state index in [0.29, 0.717) is 19.8 Å². The zero-order valence-electron chi connectivity index (χ0n) is 16.1. The van der Waals surface area contributed by atoms with Gasteiger partial charge in [0.15, 0.2) is 0 Å². The van der Waals surface area contributed by atoms with Gasteiger partial charge in [0.05, 0.1) is 33.0 Å². The highest BCUT2D eigenvalue weighted by Gasteiger charge is 2.30. The Labute approximate surface area is 157 Å². The summed E-state index contributed by atoms with van der Waals surface area (Å²) in [5.74, 6) is 0.853. The van der Waals surface area contributed by atoms with Crippen LogP contribution in [0.4, 0.5) is 0 Å². The Morgan fingerprint density at radius 2 is 1.62 bits per heavy atom. The van der Waals surface area contributed by atoms with Gasteiger partial charge in [-0.05, 0) is 29.7 Å². The molecular formula is C23H30O3. The Morgan fingerprint density at radius 3 is 2.23 bits per heavy atom. The molecule has 0 saturated heterocycles. The van der Waals surface area contributed by atoms with Gasteiger partial charge in [0.25, 0.3) is 0 Å². The van der Waals surface area contributed by atoms with E-state index in [1.54, 1.807) is 7.11 Å². The van der Waals surface area contributed by atoms with Crippen LogP contribution in [-0.4, -0.2) is 19.8 Å². The van der Waals surface area contributed by atoms with Gasteiger partial charge in [-0.2, -0.15) is 0 Å². The molecule has 0 bridgehead atoms. The van der Waals surface area contributed by atoms with Crippen LogP contribution in [0.15, 0.2) is 67.3 Å². The second-order valence-corrected chi connectivity index (χ2v) is 7.14. The minimum absolute atomic E-state index is 0.0397. The average Bonchev–Trinajstić information content (AvgIpc) is 2.66. The molecule has 0 aromatic heterocycles. The average molecular weight is 354 g/mol. The first-order valence-electron chi connectivity index (χ1n) is 9.02. The Hall–Kier alpha value is -2.10. The third kappa shape index (κ3) is 6.32. The molecule has 2 aromatic rings. The van der Waals surface area contributed by atoms with Crippen molar-refractivity contribution < 1.29 is 14.2 Å². The molecule has 140 valence electrons. The lowest BCUT2D eigenvalue weighted by Crippen LogP contribution is -2.35. The molecule has 0 saturated carbocycles. The normalized spacial score (nSPS) is 12.6. The summed E-state index contributed by atoms with van der Waals surface area (Å²) in [7, 11) is 1.67. The first-order valence-corrected chi connectivity index (χ1v) is 9.02. The summed E-state index contributed by atoms with van der Waals surface area (Å²) in [5.41, 5.74) is 2.19. The minimum Gasteiger partial charge on any atom is -0.497 e. The monoisotopic (exact) mass is 354 g/mol. The molecule has 0 spiro atoms. The molecule has 0 aliphatic rings. The first kappa shape index (κ1) is 20.2. The van der Waals surface area contributed by atoms with Gasteiger partial charge >= 0.3 is 0 Å². The Balaban J connectivity index is 1.89. The summed E-state index contributed by atoms with van der Waals surface area (Å²) in [4.78, 5) is 0. The smallest absolute Gasteiger partial charge is 0.118 e. The summed E-state index contributed by atoms with van der Waals surface area (Å²) < 4.78 is 17.4. The summed E-state index contributed by atoms with van der Waals surface area (Å²) in [6, 6.07) is 18.2. The molecule has 1 atom stereocenters. The molecule has 3 heteroatoms. The van der Waals surface area contributed by atoms with Crippen LogP contribution in [0.1, 0.15) is 31.4 Å². The lowest BCUT2D eigenvalue weighted by molar-refractivity contribution is -0.0737. The van der Waals surface area contributed by atoms with E-state index in [9.17, 15) is 0 Å². The molecule has 0 radical (unpaired) electrons. The van der Waals surface area contributed by atoms with Crippen molar-refractivity contribution in [3.05, 3.63) is 78.4 Å².